The van der Waals surface area contributed by atoms with Crippen molar-refractivity contribution in [1.29, 1.82) is 0 Å². The maximum absolute atomic E-state index is 12.2. The van der Waals surface area contributed by atoms with Gasteiger partial charge in [-0.3, -0.25) is 9.89 Å². The Kier molecular flexibility index (Phi) is 5.72. The molecular formula is C26H25ClN6O3. The van der Waals surface area contributed by atoms with Crippen LogP contribution in [0.2, 0.25) is 5.02 Å². The van der Waals surface area contributed by atoms with Crippen molar-refractivity contribution in [1.82, 2.24) is 25.1 Å². The molecule has 0 radical (unpaired) electrons. The van der Waals surface area contributed by atoms with Crippen LogP contribution in [0, 0.1) is 17.8 Å². The zero-order valence-electron chi connectivity index (χ0n) is 19.6. The van der Waals surface area contributed by atoms with Crippen LogP contribution in [0.4, 0.5) is 5.82 Å². The van der Waals surface area contributed by atoms with Gasteiger partial charge in [-0.15, -0.1) is 0 Å². The van der Waals surface area contributed by atoms with E-state index in [9.17, 15) is 9.90 Å². The minimum atomic E-state index is -0.744. The summed E-state index contributed by atoms with van der Waals surface area (Å²) in [6.45, 7) is 0. The van der Waals surface area contributed by atoms with Gasteiger partial charge in [-0.1, -0.05) is 11.6 Å². The van der Waals surface area contributed by atoms with E-state index >= 15 is 0 Å². The molecule has 3 aliphatic rings. The van der Waals surface area contributed by atoms with Crippen LogP contribution in [0.1, 0.15) is 25.7 Å². The molecule has 3 saturated carbocycles. The highest BCUT2D eigenvalue weighted by atomic mass is 35.5. The lowest BCUT2D eigenvalue weighted by atomic mass is 9.61. The van der Waals surface area contributed by atoms with Crippen LogP contribution >= 0.6 is 11.6 Å². The number of carboxylic acids is 1. The molecule has 2 atom stereocenters. The van der Waals surface area contributed by atoms with Crippen LogP contribution in [0.25, 0.3) is 33.8 Å². The topological polar surface area (TPSA) is 126 Å². The number of hydrogen-bond donors (Lipinski definition) is 3. The van der Waals surface area contributed by atoms with Crippen molar-refractivity contribution in [2.24, 2.45) is 17.8 Å². The lowest BCUT2D eigenvalue weighted by molar-refractivity contribution is -0.148. The van der Waals surface area contributed by atoms with Crippen LogP contribution in [0.5, 0.6) is 5.75 Å². The molecule has 3 aromatic heterocycles. The number of methoxy groups -OCH3 is 1. The molecule has 0 aliphatic heterocycles. The van der Waals surface area contributed by atoms with E-state index in [-0.39, 0.29) is 12.0 Å². The second kappa shape index (κ2) is 9.05. The number of carbonyl (C=O) groups is 1. The molecule has 3 fully saturated rings. The maximum Gasteiger partial charge on any atom is 0.308 e. The van der Waals surface area contributed by atoms with Crippen LogP contribution < -0.4 is 10.1 Å². The SMILES string of the molecule is COc1ccc(-c2cc(NC3C4CCC(CC4)C3C(=O)O)nc(-c3[nH]nc4ncc(Cl)cc34)n2)cc1. The number of hydrogen-bond acceptors (Lipinski definition) is 7. The van der Waals surface area contributed by atoms with Gasteiger partial charge in [0.15, 0.2) is 11.5 Å². The highest BCUT2D eigenvalue weighted by Gasteiger charge is 2.47. The number of anilines is 1. The Morgan fingerprint density at radius 1 is 1.11 bits per heavy atom. The first-order valence-electron chi connectivity index (χ1n) is 12.0. The quantitative estimate of drug-likeness (QED) is 0.333. The summed E-state index contributed by atoms with van der Waals surface area (Å²) in [5, 5.41) is 22.0. The third-order valence-electron chi connectivity index (χ3n) is 7.53. The molecule has 3 N–H and O–H groups in total. The predicted octanol–water partition coefficient (Wildman–Crippen LogP) is 5.05. The van der Waals surface area contributed by atoms with Crippen molar-refractivity contribution in [2.45, 2.75) is 31.7 Å². The summed E-state index contributed by atoms with van der Waals surface area (Å²) in [6, 6.07) is 11.1. The lowest BCUT2D eigenvalue weighted by Crippen LogP contribution is -2.51. The van der Waals surface area contributed by atoms with Crippen molar-refractivity contribution in [3.63, 3.8) is 0 Å². The summed E-state index contributed by atoms with van der Waals surface area (Å²) >= 11 is 6.21. The number of halogens is 1. The maximum atomic E-state index is 12.2. The third kappa shape index (κ3) is 4.03. The third-order valence-corrected chi connectivity index (χ3v) is 7.74. The number of ether oxygens (including phenoxy) is 1. The summed E-state index contributed by atoms with van der Waals surface area (Å²) in [4.78, 5) is 26.1. The number of fused-ring (bicyclic) bond motifs is 4. The van der Waals surface area contributed by atoms with Gasteiger partial charge in [0.2, 0.25) is 0 Å². The monoisotopic (exact) mass is 504 g/mol. The van der Waals surface area contributed by atoms with Gasteiger partial charge in [-0.25, -0.2) is 15.0 Å². The van der Waals surface area contributed by atoms with Gasteiger partial charge in [0, 0.05) is 23.9 Å². The Hall–Kier alpha value is -3.72. The molecule has 10 heteroatoms. The van der Waals surface area contributed by atoms with Gasteiger partial charge >= 0.3 is 5.97 Å². The van der Waals surface area contributed by atoms with E-state index in [1.54, 1.807) is 19.4 Å². The minimum absolute atomic E-state index is 0.184. The largest absolute Gasteiger partial charge is 0.497 e. The Labute approximate surface area is 212 Å². The van der Waals surface area contributed by atoms with Crippen molar-refractivity contribution in [3.8, 4) is 28.5 Å². The number of nitrogens with zero attached hydrogens (tertiary/aromatic N) is 4. The smallest absolute Gasteiger partial charge is 0.308 e. The number of pyridine rings is 1. The molecule has 7 rings (SSSR count). The first-order chi connectivity index (χ1) is 17.5. The van der Waals surface area contributed by atoms with E-state index in [2.05, 4.69) is 20.5 Å². The van der Waals surface area contributed by atoms with Crippen molar-refractivity contribution in [2.75, 3.05) is 12.4 Å². The Bertz CT molecular complexity index is 1430. The molecular weight excluding hydrogens is 480 g/mol. The van der Waals surface area contributed by atoms with E-state index in [0.29, 0.717) is 45.0 Å². The van der Waals surface area contributed by atoms with Crippen molar-refractivity contribution in [3.05, 3.63) is 47.6 Å². The molecule has 3 heterocycles. The number of aliphatic carboxylic acids is 1. The number of aromatic amines is 1. The zero-order chi connectivity index (χ0) is 24.8. The number of nitrogens with one attached hydrogen (secondary N) is 2. The highest BCUT2D eigenvalue weighted by Crippen LogP contribution is 2.46. The second-order valence-electron chi connectivity index (χ2n) is 9.52. The average Bonchev–Trinajstić information content (AvgIpc) is 3.32. The van der Waals surface area contributed by atoms with Crippen LogP contribution in [-0.2, 0) is 4.79 Å². The van der Waals surface area contributed by atoms with Crippen molar-refractivity contribution < 1.29 is 14.6 Å². The van der Waals surface area contributed by atoms with Gasteiger partial charge in [0.05, 0.1) is 29.1 Å². The van der Waals surface area contributed by atoms with Crippen molar-refractivity contribution >= 4 is 34.4 Å². The molecule has 0 spiro atoms. The molecule has 36 heavy (non-hydrogen) atoms. The van der Waals surface area contributed by atoms with E-state index in [4.69, 9.17) is 26.3 Å². The number of rotatable bonds is 6. The van der Waals surface area contributed by atoms with Crippen LogP contribution in [0.3, 0.4) is 0 Å². The predicted molar refractivity (Wildman–Crippen MR) is 136 cm³/mol. The second-order valence-corrected chi connectivity index (χ2v) is 9.96. The van der Waals surface area contributed by atoms with E-state index in [1.165, 1.54) is 0 Å². The molecule has 4 aromatic rings. The van der Waals surface area contributed by atoms with E-state index in [1.807, 2.05) is 30.3 Å². The molecule has 9 nitrogen and oxygen atoms in total. The fraction of sp³-hybridized carbons (Fsp3) is 0.346. The van der Waals surface area contributed by atoms with Gasteiger partial charge in [-0.2, -0.15) is 5.10 Å². The van der Waals surface area contributed by atoms with Gasteiger partial charge in [-0.05, 0) is 67.9 Å². The summed E-state index contributed by atoms with van der Waals surface area (Å²) in [5.41, 5.74) is 2.68. The summed E-state index contributed by atoms with van der Waals surface area (Å²) in [7, 11) is 1.62. The summed E-state index contributed by atoms with van der Waals surface area (Å²) < 4.78 is 5.30. The standard InChI is InChI=1S/C26H25ClN6O3/c1-36-17-8-6-13(7-9-17)19-11-20(30-22-15-4-2-14(3-5-15)21(22)26(34)35)31-25(29-19)23-18-10-16(27)12-28-24(18)33-32-23/h6-12,14-15,21-22H,2-5H2,1H3,(H,34,35)(H,28,32,33)(H,29,30,31). The Morgan fingerprint density at radius 2 is 1.86 bits per heavy atom. The Morgan fingerprint density at radius 3 is 2.58 bits per heavy atom. The summed E-state index contributed by atoms with van der Waals surface area (Å²) in [5.74, 6) is 1.06. The van der Waals surface area contributed by atoms with Gasteiger partial charge in [0.1, 0.15) is 17.3 Å². The number of H-pyrrole nitrogens is 1. The molecule has 2 unspecified atom stereocenters. The van der Waals surface area contributed by atoms with Crippen LogP contribution in [0.15, 0.2) is 42.6 Å². The Balaban J connectivity index is 1.45. The average molecular weight is 505 g/mol. The normalized spacial score (nSPS) is 23.1. The molecule has 0 amide bonds. The number of benzene rings is 1. The fourth-order valence-corrected chi connectivity index (χ4v) is 5.93. The molecule has 1 aromatic carbocycles. The highest BCUT2D eigenvalue weighted by molar-refractivity contribution is 6.31. The first kappa shape index (κ1) is 22.7. The zero-order valence-corrected chi connectivity index (χ0v) is 20.4. The van der Waals surface area contributed by atoms with Gasteiger partial charge < -0.3 is 15.2 Å². The van der Waals surface area contributed by atoms with E-state index in [0.717, 1.165) is 37.0 Å². The van der Waals surface area contributed by atoms with Crippen LogP contribution in [-0.4, -0.2) is 49.4 Å². The molecule has 2 bridgehead atoms. The lowest BCUT2D eigenvalue weighted by Gasteiger charge is -2.47. The van der Waals surface area contributed by atoms with Gasteiger partial charge in [0.25, 0.3) is 0 Å². The first-order valence-corrected chi connectivity index (χ1v) is 12.4. The fourth-order valence-electron chi connectivity index (χ4n) is 5.77. The number of carboxylic acid groups (broad SMARTS) is 1. The molecule has 3 aliphatic carbocycles. The molecule has 184 valence electrons. The van der Waals surface area contributed by atoms with E-state index < -0.39 is 11.9 Å². The number of aromatic nitrogens is 5. The minimum Gasteiger partial charge on any atom is -0.497 e. The summed E-state index contributed by atoms with van der Waals surface area (Å²) in [6.07, 6.45) is 5.55. The molecule has 0 saturated heterocycles.